The van der Waals surface area contributed by atoms with Gasteiger partial charge in [0.25, 0.3) is 0 Å². The quantitative estimate of drug-likeness (QED) is 0.504. The van der Waals surface area contributed by atoms with E-state index in [-0.39, 0.29) is 0 Å². The van der Waals surface area contributed by atoms with Gasteiger partial charge in [-0.25, -0.2) is 9.61 Å². The molecule has 1 N–H and O–H groups in total. The summed E-state index contributed by atoms with van der Waals surface area (Å²) in [5, 5.41) is 21.3. The Kier molecular flexibility index (Phi) is 3.52. The zero-order chi connectivity index (χ0) is 19.3. The molecule has 0 saturated heterocycles. The minimum absolute atomic E-state index is 0.597. The molecule has 0 aliphatic heterocycles. The van der Waals surface area contributed by atoms with Crippen LogP contribution in [0.2, 0.25) is 0 Å². The molecule has 2 aromatic carbocycles. The van der Waals surface area contributed by atoms with Gasteiger partial charge in [0, 0.05) is 0 Å². The molecule has 0 fully saturated rings. The molecule has 0 aliphatic rings. The van der Waals surface area contributed by atoms with Crippen LogP contribution in [-0.2, 0) is 6.42 Å². The predicted octanol–water partition coefficient (Wildman–Crippen LogP) is 4.51. The van der Waals surface area contributed by atoms with Crippen molar-refractivity contribution in [2.75, 3.05) is 5.32 Å². The van der Waals surface area contributed by atoms with Crippen molar-refractivity contribution in [2.24, 2.45) is 0 Å². The summed E-state index contributed by atoms with van der Waals surface area (Å²) in [6, 6.07) is 15.9. The molecule has 0 atom stereocenters. The molecule has 28 heavy (non-hydrogen) atoms. The highest BCUT2D eigenvalue weighted by molar-refractivity contribution is 5.91. The summed E-state index contributed by atoms with van der Waals surface area (Å²) in [4.78, 5) is 4.73. The van der Waals surface area contributed by atoms with Crippen LogP contribution in [0.4, 0.5) is 11.5 Å². The van der Waals surface area contributed by atoms with Crippen molar-refractivity contribution in [2.45, 2.75) is 20.3 Å². The minimum atomic E-state index is 0.597. The molecule has 0 spiro atoms. The highest BCUT2D eigenvalue weighted by Gasteiger charge is 2.20. The Labute approximate surface area is 160 Å². The van der Waals surface area contributed by atoms with Crippen LogP contribution in [0.1, 0.15) is 23.6 Å². The van der Waals surface area contributed by atoms with Crippen LogP contribution < -0.4 is 5.32 Å². The van der Waals surface area contributed by atoms with Gasteiger partial charge in [0.05, 0.1) is 22.3 Å². The molecule has 0 aliphatic carbocycles. The lowest BCUT2D eigenvalue weighted by Crippen LogP contribution is -2.08. The Morgan fingerprint density at radius 1 is 1.11 bits per heavy atom. The summed E-state index contributed by atoms with van der Waals surface area (Å²) in [7, 11) is 0. The molecule has 7 heteroatoms. The number of pyridine rings is 1. The molecule has 5 aromatic rings. The van der Waals surface area contributed by atoms with Gasteiger partial charge in [0.15, 0.2) is 11.2 Å². The molecule has 0 saturated carbocycles. The fourth-order valence-corrected chi connectivity index (χ4v) is 3.78. The molecule has 7 nitrogen and oxygen atoms in total. The van der Waals surface area contributed by atoms with E-state index in [0.717, 1.165) is 40.1 Å². The molecule has 5 rings (SSSR count). The molecule has 0 radical (unpaired) electrons. The average molecular weight is 368 g/mol. The predicted molar refractivity (Wildman–Crippen MR) is 107 cm³/mol. The Balaban J connectivity index is 1.89. The Morgan fingerprint density at radius 3 is 2.75 bits per heavy atom. The van der Waals surface area contributed by atoms with Crippen molar-refractivity contribution < 1.29 is 4.63 Å². The number of nitriles is 1. The first-order valence-electron chi connectivity index (χ1n) is 9.04. The second-order valence-electron chi connectivity index (χ2n) is 6.61. The van der Waals surface area contributed by atoms with Crippen molar-refractivity contribution >= 4 is 39.2 Å². The van der Waals surface area contributed by atoms with E-state index in [9.17, 15) is 5.26 Å². The van der Waals surface area contributed by atoms with E-state index in [4.69, 9.17) is 9.61 Å². The molecule has 3 aromatic heterocycles. The molecule has 3 heterocycles. The van der Waals surface area contributed by atoms with Crippen LogP contribution in [0.25, 0.3) is 27.7 Å². The summed E-state index contributed by atoms with van der Waals surface area (Å²) in [6.45, 7) is 4.05. The zero-order valence-corrected chi connectivity index (χ0v) is 15.4. The van der Waals surface area contributed by atoms with Crippen LogP contribution in [0, 0.1) is 18.3 Å². The van der Waals surface area contributed by atoms with Gasteiger partial charge in [-0.3, -0.25) is 4.40 Å². The third-order valence-corrected chi connectivity index (χ3v) is 5.13. The number of fused-ring (bicyclic) bond motifs is 4. The number of hydrogen-bond donors (Lipinski definition) is 1. The molecule has 0 unspecified atom stereocenters. The van der Waals surface area contributed by atoms with Crippen LogP contribution in [-0.4, -0.2) is 19.7 Å². The van der Waals surface area contributed by atoms with E-state index in [2.05, 4.69) is 28.6 Å². The van der Waals surface area contributed by atoms with E-state index in [1.807, 2.05) is 53.8 Å². The number of imidazole rings is 1. The highest BCUT2D eigenvalue weighted by atomic mass is 16.6. The second kappa shape index (κ2) is 6.06. The number of anilines is 2. The highest BCUT2D eigenvalue weighted by Crippen LogP contribution is 2.34. The first-order chi connectivity index (χ1) is 13.7. The maximum atomic E-state index is 9.80. The van der Waals surface area contributed by atoms with E-state index >= 15 is 0 Å². The third-order valence-electron chi connectivity index (χ3n) is 5.13. The van der Waals surface area contributed by atoms with E-state index in [1.165, 1.54) is 0 Å². The van der Waals surface area contributed by atoms with Crippen LogP contribution in [0.3, 0.4) is 0 Å². The lowest BCUT2D eigenvalue weighted by Gasteiger charge is -2.18. The normalized spacial score (nSPS) is 11.3. The standard InChI is InChI=1S/C21H16N6O/c1-3-13-12(2)14(11-22)21-23-15-7-4-5-10-18(15)27(21)20(13)24-16-8-6-9-17-19(16)26-28-25-17/h4-10,24H,3H2,1-2H3. The first kappa shape index (κ1) is 16.3. The van der Waals surface area contributed by atoms with E-state index in [0.29, 0.717) is 22.2 Å². The van der Waals surface area contributed by atoms with Gasteiger partial charge in [0.2, 0.25) is 0 Å². The third kappa shape index (κ3) is 2.18. The minimum Gasteiger partial charge on any atom is -0.339 e. The van der Waals surface area contributed by atoms with Crippen molar-refractivity contribution in [1.29, 1.82) is 5.26 Å². The van der Waals surface area contributed by atoms with Gasteiger partial charge in [-0.05, 0) is 59.1 Å². The molecular weight excluding hydrogens is 352 g/mol. The average Bonchev–Trinajstić information content (AvgIpc) is 3.33. The second-order valence-corrected chi connectivity index (χ2v) is 6.61. The number of nitrogens with zero attached hydrogens (tertiary/aromatic N) is 5. The number of benzene rings is 2. The van der Waals surface area contributed by atoms with E-state index < -0.39 is 0 Å². The van der Waals surface area contributed by atoms with Crippen LogP contribution in [0.15, 0.2) is 47.1 Å². The maximum Gasteiger partial charge on any atom is 0.158 e. The number of nitrogens with one attached hydrogen (secondary N) is 1. The van der Waals surface area contributed by atoms with Crippen molar-refractivity contribution in [1.82, 2.24) is 19.7 Å². The summed E-state index contributed by atoms with van der Waals surface area (Å²) >= 11 is 0. The SMILES string of the molecule is CCc1c(C)c(C#N)c2nc3ccccc3n2c1Nc1cccc2nonc12. The van der Waals surface area contributed by atoms with Gasteiger partial charge in [-0.1, -0.05) is 25.1 Å². The van der Waals surface area contributed by atoms with Gasteiger partial charge >= 0.3 is 0 Å². The fourth-order valence-electron chi connectivity index (χ4n) is 3.78. The fraction of sp³-hybridized carbons (Fsp3) is 0.143. The molecule has 0 amide bonds. The Bertz CT molecular complexity index is 1410. The topological polar surface area (TPSA) is 92.0 Å². The summed E-state index contributed by atoms with van der Waals surface area (Å²) in [5.41, 5.74) is 7.14. The number of rotatable bonds is 3. The largest absolute Gasteiger partial charge is 0.339 e. The molecular formula is C21H16N6O. The van der Waals surface area contributed by atoms with Crippen LogP contribution >= 0.6 is 0 Å². The summed E-state index contributed by atoms with van der Waals surface area (Å²) in [6.07, 6.45) is 0.762. The first-order valence-corrected chi connectivity index (χ1v) is 9.04. The summed E-state index contributed by atoms with van der Waals surface area (Å²) in [5.74, 6) is 0.873. The lowest BCUT2D eigenvalue weighted by molar-refractivity contribution is 0.315. The number of hydrogen-bond acceptors (Lipinski definition) is 6. The van der Waals surface area contributed by atoms with Gasteiger partial charge in [-0.2, -0.15) is 5.26 Å². The lowest BCUT2D eigenvalue weighted by atomic mass is 10.0. The van der Waals surface area contributed by atoms with Gasteiger partial charge < -0.3 is 5.32 Å². The van der Waals surface area contributed by atoms with Gasteiger partial charge in [0.1, 0.15) is 17.4 Å². The number of para-hydroxylation sites is 2. The number of aromatic nitrogens is 4. The van der Waals surface area contributed by atoms with E-state index in [1.54, 1.807) is 0 Å². The van der Waals surface area contributed by atoms with Crippen LogP contribution in [0.5, 0.6) is 0 Å². The Morgan fingerprint density at radius 2 is 1.93 bits per heavy atom. The molecule has 0 bridgehead atoms. The zero-order valence-electron chi connectivity index (χ0n) is 15.4. The Hall–Kier alpha value is -3.92. The van der Waals surface area contributed by atoms with Crippen molar-refractivity contribution in [3.8, 4) is 6.07 Å². The van der Waals surface area contributed by atoms with Gasteiger partial charge in [-0.15, -0.1) is 0 Å². The van der Waals surface area contributed by atoms with Crippen molar-refractivity contribution in [3.63, 3.8) is 0 Å². The molecule has 136 valence electrons. The smallest absolute Gasteiger partial charge is 0.158 e. The monoisotopic (exact) mass is 368 g/mol. The summed E-state index contributed by atoms with van der Waals surface area (Å²) < 4.78 is 6.92. The maximum absolute atomic E-state index is 9.80. The van der Waals surface area contributed by atoms with Crippen molar-refractivity contribution in [3.05, 3.63) is 59.2 Å².